The van der Waals surface area contributed by atoms with Crippen LogP contribution in [0.1, 0.15) is 0 Å². The first-order valence-corrected chi connectivity index (χ1v) is 13.1. The number of phenols is 3. The maximum Gasteiger partial charge on any atom is 0.335 e. The number of carbonyl (C=O) groups is 1. The first-order chi connectivity index (χ1) is 21.2. The SMILES string of the molecule is O=C(O)[C@H]1O[C@H](OC[C@H]2O[C@H](Oc3cc(O)c4c(=O)c(O)c(-c5ccc(O)c(O)c5)oc4c3)[C@H](O)[C@H](O)[C@H]2O)[C@H](O)[C@H](O)[C@H]1O. The zero-order valence-electron chi connectivity index (χ0n) is 22.6. The Morgan fingerprint density at radius 1 is 0.756 bits per heavy atom. The van der Waals surface area contributed by atoms with E-state index in [-0.39, 0.29) is 16.9 Å². The van der Waals surface area contributed by atoms with E-state index in [2.05, 4.69) is 0 Å². The Kier molecular flexibility index (Phi) is 8.77. The van der Waals surface area contributed by atoms with Gasteiger partial charge in [0.1, 0.15) is 65.2 Å². The van der Waals surface area contributed by atoms with Crippen molar-refractivity contribution in [2.45, 2.75) is 61.4 Å². The molecule has 3 heterocycles. The number of carboxylic acids is 1. The minimum absolute atomic E-state index is 0.0256. The lowest BCUT2D eigenvalue weighted by Gasteiger charge is -2.42. The van der Waals surface area contributed by atoms with E-state index in [0.717, 1.165) is 24.3 Å². The minimum Gasteiger partial charge on any atom is -0.507 e. The summed E-state index contributed by atoms with van der Waals surface area (Å²) >= 11 is 0. The van der Waals surface area contributed by atoms with E-state index in [0.29, 0.717) is 0 Å². The number of ether oxygens (including phenoxy) is 4. The summed E-state index contributed by atoms with van der Waals surface area (Å²) in [6.45, 7) is -0.734. The number of benzene rings is 2. The lowest BCUT2D eigenvalue weighted by atomic mass is 9.98. The number of rotatable bonds is 7. The monoisotopic (exact) mass is 640 g/mol. The predicted octanol–water partition coefficient (Wildman–Crippen LogP) is -2.62. The van der Waals surface area contributed by atoms with Crippen molar-refractivity contribution in [3.8, 4) is 40.1 Å². The molecule has 45 heavy (non-hydrogen) atoms. The molecule has 2 aromatic carbocycles. The van der Waals surface area contributed by atoms with Crippen LogP contribution < -0.4 is 10.2 Å². The molecule has 0 amide bonds. The maximum absolute atomic E-state index is 12.8. The second-order valence-electron chi connectivity index (χ2n) is 10.3. The lowest BCUT2D eigenvalue weighted by Crippen LogP contribution is -2.62. The largest absolute Gasteiger partial charge is 0.507 e. The van der Waals surface area contributed by atoms with Crippen LogP contribution in [0.2, 0.25) is 0 Å². The highest BCUT2D eigenvalue weighted by molar-refractivity contribution is 5.88. The van der Waals surface area contributed by atoms with E-state index in [9.17, 15) is 65.8 Å². The molecule has 2 aliphatic rings. The topological polar surface area (TPSA) is 307 Å². The third kappa shape index (κ3) is 5.93. The van der Waals surface area contributed by atoms with Crippen LogP contribution in [-0.4, -0.2) is 130 Å². The Labute approximate surface area is 250 Å². The second kappa shape index (κ2) is 12.3. The van der Waals surface area contributed by atoms with Gasteiger partial charge in [-0.05, 0) is 18.2 Å². The zero-order chi connectivity index (χ0) is 32.9. The number of aliphatic hydroxyl groups is 6. The van der Waals surface area contributed by atoms with Gasteiger partial charge in [0.05, 0.1) is 6.61 Å². The van der Waals surface area contributed by atoms with E-state index >= 15 is 0 Å². The third-order valence-electron chi connectivity index (χ3n) is 7.32. The summed E-state index contributed by atoms with van der Waals surface area (Å²) in [5, 5.41) is 110. The summed E-state index contributed by atoms with van der Waals surface area (Å²) < 4.78 is 26.9. The van der Waals surface area contributed by atoms with Crippen LogP contribution in [0.15, 0.2) is 39.5 Å². The Balaban J connectivity index is 1.38. The Morgan fingerprint density at radius 2 is 1.42 bits per heavy atom. The van der Waals surface area contributed by atoms with Crippen LogP contribution >= 0.6 is 0 Å². The number of hydrogen-bond acceptors (Lipinski definition) is 17. The van der Waals surface area contributed by atoms with Crippen molar-refractivity contribution in [3.63, 3.8) is 0 Å². The number of aromatic hydroxyl groups is 4. The van der Waals surface area contributed by atoms with Crippen LogP contribution in [0.3, 0.4) is 0 Å². The van der Waals surface area contributed by atoms with Gasteiger partial charge < -0.3 is 79.5 Å². The molecule has 0 saturated carbocycles. The molecule has 0 radical (unpaired) electrons. The molecule has 2 aliphatic heterocycles. The van der Waals surface area contributed by atoms with Gasteiger partial charge in [-0.3, -0.25) is 4.79 Å². The Morgan fingerprint density at radius 3 is 2.09 bits per heavy atom. The van der Waals surface area contributed by atoms with E-state index in [1.54, 1.807) is 0 Å². The number of carboxylic acid groups (broad SMARTS) is 1. The summed E-state index contributed by atoms with van der Waals surface area (Å²) in [5.41, 5.74) is -1.44. The molecule has 3 aromatic rings. The predicted molar refractivity (Wildman–Crippen MR) is 142 cm³/mol. The summed E-state index contributed by atoms with van der Waals surface area (Å²) in [6.07, 6.45) is -18.7. The van der Waals surface area contributed by atoms with Gasteiger partial charge in [0.2, 0.25) is 17.5 Å². The van der Waals surface area contributed by atoms with Crippen LogP contribution in [-0.2, 0) is 19.0 Å². The van der Waals surface area contributed by atoms with Crippen LogP contribution in [0.25, 0.3) is 22.3 Å². The molecule has 2 saturated heterocycles. The molecular weight excluding hydrogens is 612 g/mol. The molecule has 2 fully saturated rings. The molecule has 10 atom stereocenters. The summed E-state index contributed by atoms with van der Waals surface area (Å²) in [6, 6.07) is 5.26. The number of hydrogen-bond donors (Lipinski definition) is 11. The number of fused-ring (bicyclic) bond motifs is 1. The molecule has 244 valence electrons. The number of aliphatic carboxylic acids is 1. The van der Waals surface area contributed by atoms with Crippen molar-refractivity contribution in [2.75, 3.05) is 6.61 Å². The highest BCUT2D eigenvalue weighted by Gasteiger charge is 2.49. The molecule has 1 aromatic heterocycles. The lowest BCUT2D eigenvalue weighted by molar-refractivity contribution is -0.318. The maximum atomic E-state index is 12.8. The molecule has 0 unspecified atom stereocenters. The normalized spacial score (nSPS) is 32.0. The highest BCUT2D eigenvalue weighted by Crippen LogP contribution is 2.38. The molecule has 18 nitrogen and oxygen atoms in total. The van der Waals surface area contributed by atoms with Gasteiger partial charge in [-0.2, -0.15) is 0 Å². The van der Waals surface area contributed by atoms with Crippen molar-refractivity contribution in [1.82, 2.24) is 0 Å². The average molecular weight is 641 g/mol. The van der Waals surface area contributed by atoms with E-state index in [1.165, 1.54) is 6.07 Å². The smallest absolute Gasteiger partial charge is 0.335 e. The summed E-state index contributed by atoms with van der Waals surface area (Å²) in [4.78, 5) is 24.2. The number of phenolic OH excluding ortho intramolecular Hbond substituents is 3. The fourth-order valence-corrected chi connectivity index (χ4v) is 4.86. The van der Waals surface area contributed by atoms with Gasteiger partial charge in [0.15, 0.2) is 29.7 Å². The van der Waals surface area contributed by atoms with E-state index in [1.807, 2.05) is 0 Å². The highest BCUT2D eigenvalue weighted by atomic mass is 16.7. The Hall–Kier alpha value is -4.24. The Bertz CT molecular complexity index is 1640. The molecule has 5 rings (SSSR count). The fraction of sp³-hybridized carbons (Fsp3) is 0.407. The summed E-state index contributed by atoms with van der Waals surface area (Å²) in [7, 11) is 0. The van der Waals surface area contributed by atoms with Crippen molar-refractivity contribution < 1.29 is 84.3 Å². The van der Waals surface area contributed by atoms with Crippen LogP contribution in [0, 0.1) is 0 Å². The van der Waals surface area contributed by atoms with Crippen molar-refractivity contribution in [2.24, 2.45) is 0 Å². The molecule has 18 heteroatoms. The zero-order valence-corrected chi connectivity index (χ0v) is 22.6. The van der Waals surface area contributed by atoms with E-state index < -0.39 is 114 Å². The second-order valence-corrected chi connectivity index (χ2v) is 10.3. The molecule has 0 aliphatic carbocycles. The van der Waals surface area contributed by atoms with Gasteiger partial charge in [-0.25, -0.2) is 4.79 Å². The third-order valence-corrected chi connectivity index (χ3v) is 7.32. The van der Waals surface area contributed by atoms with Gasteiger partial charge in [-0.1, -0.05) is 0 Å². The van der Waals surface area contributed by atoms with Crippen LogP contribution in [0.5, 0.6) is 28.7 Å². The van der Waals surface area contributed by atoms with E-state index in [4.69, 9.17) is 23.4 Å². The molecule has 0 spiro atoms. The fourth-order valence-electron chi connectivity index (χ4n) is 4.86. The number of aliphatic hydroxyl groups excluding tert-OH is 6. The van der Waals surface area contributed by atoms with Gasteiger partial charge in [0.25, 0.3) is 0 Å². The summed E-state index contributed by atoms with van der Waals surface area (Å²) in [5.74, 6) is -5.16. The van der Waals surface area contributed by atoms with Crippen molar-refractivity contribution in [1.29, 1.82) is 0 Å². The first kappa shape index (κ1) is 32.2. The van der Waals surface area contributed by atoms with Gasteiger partial charge in [0, 0.05) is 17.7 Å². The quantitative estimate of drug-likeness (QED) is 0.118. The standard InChI is InChI=1S/C27H28O18/c28-9-2-1-7(3-10(9)29)23-19(35)16(32)14-11(30)4-8(5-12(14)43-23)42-27-22(38)17(33)15(31)13(44-27)6-41-26-21(37)18(34)20(36)24(45-26)25(39)40/h1-5,13,15,17-18,20-22,24,26-31,33-38H,6H2,(H,39,40)/t13-,15+,17-,18-,20-,21-,22-,24+,26+,27+/m1/s1. The molecular formula is C27H28O18. The van der Waals surface area contributed by atoms with Crippen molar-refractivity contribution >= 4 is 16.9 Å². The molecule has 0 bridgehead atoms. The first-order valence-electron chi connectivity index (χ1n) is 13.1. The van der Waals surface area contributed by atoms with Crippen LogP contribution in [0.4, 0.5) is 0 Å². The average Bonchev–Trinajstić information content (AvgIpc) is 2.99. The van der Waals surface area contributed by atoms with Gasteiger partial charge in [-0.15, -0.1) is 0 Å². The molecule has 11 N–H and O–H groups in total. The van der Waals surface area contributed by atoms with Crippen molar-refractivity contribution in [3.05, 3.63) is 40.6 Å². The minimum atomic E-state index is -1.99. The van der Waals surface area contributed by atoms with Gasteiger partial charge >= 0.3 is 5.97 Å².